The van der Waals surface area contributed by atoms with Crippen molar-refractivity contribution in [3.05, 3.63) is 11.0 Å². The van der Waals surface area contributed by atoms with Gasteiger partial charge in [0.05, 0.1) is 0 Å². The molecule has 0 spiro atoms. The molecule has 1 unspecified atom stereocenters. The van der Waals surface area contributed by atoms with Gasteiger partial charge in [-0.15, -0.1) is 23.5 Å². The molecule has 0 N–H and O–H groups in total. The summed E-state index contributed by atoms with van der Waals surface area (Å²) in [5.74, 6) is 1.76. The van der Waals surface area contributed by atoms with E-state index in [4.69, 9.17) is 4.74 Å². The van der Waals surface area contributed by atoms with E-state index in [1.807, 2.05) is 0 Å². The maximum atomic E-state index is 10.9. The number of rotatable bonds is 4. The summed E-state index contributed by atoms with van der Waals surface area (Å²) in [6.07, 6.45) is 1.60. The third kappa shape index (κ3) is 2.45. The lowest BCUT2D eigenvalue weighted by atomic mass is 10.6. The Morgan fingerprint density at radius 3 is 2.83 bits per heavy atom. The maximum Gasteiger partial charge on any atom is 0.333 e. The largest absolute Gasteiger partial charge is 0.443 e. The maximum absolute atomic E-state index is 10.9. The summed E-state index contributed by atoms with van der Waals surface area (Å²) < 4.78 is 5.08. The summed E-state index contributed by atoms with van der Waals surface area (Å²) in [5.41, 5.74) is -0.0348. The molecule has 0 aromatic rings. The second-order valence-corrected chi connectivity index (χ2v) is 4.88. The highest BCUT2D eigenvalue weighted by Gasteiger charge is 2.25. The number of hydrogen-bond acceptors (Lipinski definition) is 4. The zero-order chi connectivity index (χ0) is 8.97. The van der Waals surface area contributed by atoms with Crippen LogP contribution in [0.15, 0.2) is 11.0 Å². The number of carbonyl (C=O) groups is 1. The Morgan fingerprint density at radius 1 is 1.50 bits per heavy atom. The van der Waals surface area contributed by atoms with Crippen molar-refractivity contribution < 1.29 is 9.53 Å². The molecule has 1 atom stereocenters. The van der Waals surface area contributed by atoms with E-state index in [-0.39, 0.29) is 11.4 Å². The first-order valence-electron chi connectivity index (χ1n) is 3.94. The monoisotopic (exact) mass is 204 g/mol. The quantitative estimate of drug-likeness (QED) is 0.656. The summed E-state index contributed by atoms with van der Waals surface area (Å²) >= 11 is 3.34. The van der Waals surface area contributed by atoms with Crippen LogP contribution in [-0.2, 0) is 9.53 Å². The van der Waals surface area contributed by atoms with E-state index in [9.17, 15) is 4.79 Å². The Bertz CT molecular complexity index is 201. The van der Waals surface area contributed by atoms with Gasteiger partial charge in [-0.25, -0.2) is 4.79 Å². The molecule has 2 nitrogen and oxygen atoms in total. The fraction of sp³-hybridized carbons (Fsp3) is 0.625. The van der Waals surface area contributed by atoms with Crippen LogP contribution in [0.25, 0.3) is 0 Å². The number of thioether (sulfide) groups is 2. The molecule has 0 radical (unpaired) electrons. The number of cyclic esters (lactones) is 1. The summed E-state index contributed by atoms with van der Waals surface area (Å²) in [5, 5.41) is 0. The zero-order valence-corrected chi connectivity index (χ0v) is 8.83. The lowest BCUT2D eigenvalue weighted by Gasteiger charge is -2.10. The van der Waals surface area contributed by atoms with Crippen LogP contribution >= 0.6 is 23.5 Å². The highest BCUT2D eigenvalue weighted by Crippen LogP contribution is 2.33. The minimum absolute atomic E-state index is 0.0348. The van der Waals surface area contributed by atoms with E-state index in [1.165, 1.54) is 0 Å². The number of esters is 1. The lowest BCUT2D eigenvalue weighted by Crippen LogP contribution is -2.05. The molecule has 0 fully saturated rings. The minimum atomic E-state index is -0.197. The highest BCUT2D eigenvalue weighted by molar-refractivity contribution is 8.06. The molecule has 0 saturated carbocycles. The number of hydrogen-bond donors (Lipinski definition) is 0. The Hall–Kier alpha value is -0.0900. The molecule has 0 aliphatic carbocycles. The molecule has 1 rings (SSSR count). The summed E-state index contributed by atoms with van der Waals surface area (Å²) in [4.78, 5) is 12.0. The number of carbonyl (C=O) groups excluding carboxylic acids is 1. The van der Waals surface area contributed by atoms with Crippen molar-refractivity contribution in [1.82, 2.24) is 0 Å². The molecular weight excluding hydrogens is 192 g/mol. The fourth-order valence-corrected chi connectivity index (χ4v) is 2.73. The molecule has 1 heterocycles. The van der Waals surface area contributed by atoms with Gasteiger partial charge >= 0.3 is 5.97 Å². The molecule has 12 heavy (non-hydrogen) atoms. The normalized spacial score (nSPS) is 22.3. The predicted molar refractivity (Wildman–Crippen MR) is 54.2 cm³/mol. The van der Waals surface area contributed by atoms with Crippen molar-refractivity contribution in [3.63, 3.8) is 0 Å². The Labute approximate surface area is 81.1 Å². The van der Waals surface area contributed by atoms with Crippen LogP contribution in [0.5, 0.6) is 0 Å². The minimum Gasteiger partial charge on any atom is -0.443 e. The topological polar surface area (TPSA) is 26.3 Å². The van der Waals surface area contributed by atoms with E-state index in [2.05, 4.69) is 13.8 Å². The van der Waals surface area contributed by atoms with E-state index in [1.54, 1.807) is 29.6 Å². The summed E-state index contributed by atoms with van der Waals surface area (Å²) in [6.45, 7) is 4.13. The molecule has 1 aliphatic heterocycles. The van der Waals surface area contributed by atoms with Gasteiger partial charge in [0.2, 0.25) is 0 Å². The van der Waals surface area contributed by atoms with Crippen molar-refractivity contribution >= 4 is 29.5 Å². The first-order chi connectivity index (χ1) is 5.77. The van der Waals surface area contributed by atoms with Crippen LogP contribution in [0.2, 0.25) is 0 Å². The standard InChI is InChI=1S/C8H12O2S2/c1-3-11-6-5-7(9)10-8(6)12-4-2/h5,8H,3-4H2,1-2H3. The third-order valence-corrected chi connectivity index (χ3v) is 3.43. The van der Waals surface area contributed by atoms with Gasteiger partial charge in [-0.1, -0.05) is 13.8 Å². The van der Waals surface area contributed by atoms with Gasteiger partial charge in [0.1, 0.15) is 0 Å². The van der Waals surface area contributed by atoms with Crippen LogP contribution in [0.4, 0.5) is 0 Å². The van der Waals surface area contributed by atoms with Gasteiger partial charge in [0, 0.05) is 11.0 Å². The Balaban J connectivity index is 2.53. The van der Waals surface area contributed by atoms with Crippen LogP contribution in [-0.4, -0.2) is 22.9 Å². The molecule has 0 amide bonds. The molecule has 4 heteroatoms. The van der Waals surface area contributed by atoms with Gasteiger partial charge in [0.25, 0.3) is 0 Å². The first-order valence-corrected chi connectivity index (χ1v) is 5.98. The average molecular weight is 204 g/mol. The van der Waals surface area contributed by atoms with Gasteiger partial charge in [-0.3, -0.25) is 0 Å². The Kier molecular flexibility index (Phi) is 4.01. The van der Waals surface area contributed by atoms with Crippen LogP contribution in [0.3, 0.4) is 0 Å². The molecule has 0 aromatic carbocycles. The van der Waals surface area contributed by atoms with E-state index >= 15 is 0 Å². The van der Waals surface area contributed by atoms with Crippen LogP contribution in [0, 0.1) is 0 Å². The summed E-state index contributed by atoms with van der Waals surface area (Å²) in [7, 11) is 0. The van der Waals surface area contributed by atoms with Gasteiger partial charge in [0.15, 0.2) is 5.44 Å². The van der Waals surface area contributed by atoms with Crippen molar-refractivity contribution in [2.24, 2.45) is 0 Å². The Morgan fingerprint density at radius 2 is 2.25 bits per heavy atom. The molecule has 0 bridgehead atoms. The summed E-state index contributed by atoms with van der Waals surface area (Å²) in [6, 6.07) is 0. The van der Waals surface area contributed by atoms with E-state index in [0.717, 1.165) is 16.4 Å². The van der Waals surface area contributed by atoms with Crippen molar-refractivity contribution in [2.45, 2.75) is 19.3 Å². The molecular formula is C8H12O2S2. The van der Waals surface area contributed by atoms with Crippen molar-refractivity contribution in [1.29, 1.82) is 0 Å². The fourth-order valence-electron chi connectivity index (χ4n) is 0.926. The average Bonchev–Trinajstić information content (AvgIpc) is 2.33. The van der Waals surface area contributed by atoms with Gasteiger partial charge < -0.3 is 4.74 Å². The van der Waals surface area contributed by atoms with E-state index in [0.29, 0.717) is 0 Å². The third-order valence-electron chi connectivity index (χ3n) is 1.34. The van der Waals surface area contributed by atoms with Gasteiger partial charge in [-0.2, -0.15) is 0 Å². The first kappa shape index (κ1) is 9.99. The number of ether oxygens (including phenoxy) is 1. The zero-order valence-electron chi connectivity index (χ0n) is 7.20. The van der Waals surface area contributed by atoms with Crippen molar-refractivity contribution in [2.75, 3.05) is 11.5 Å². The molecule has 68 valence electrons. The van der Waals surface area contributed by atoms with Crippen LogP contribution in [0.1, 0.15) is 13.8 Å². The van der Waals surface area contributed by atoms with Crippen LogP contribution < -0.4 is 0 Å². The second-order valence-electron chi connectivity index (χ2n) is 2.20. The molecule has 1 aliphatic rings. The molecule has 0 saturated heterocycles. The predicted octanol–water partition coefficient (Wildman–Crippen LogP) is 2.26. The van der Waals surface area contributed by atoms with Gasteiger partial charge in [-0.05, 0) is 11.5 Å². The molecule has 0 aromatic heterocycles. The smallest absolute Gasteiger partial charge is 0.333 e. The SMILES string of the molecule is CCSC1=CC(=O)OC1SCC. The van der Waals surface area contributed by atoms with Crippen molar-refractivity contribution in [3.8, 4) is 0 Å². The van der Waals surface area contributed by atoms with E-state index < -0.39 is 0 Å². The lowest BCUT2D eigenvalue weighted by molar-refractivity contribution is -0.135. The second kappa shape index (κ2) is 4.82. The highest BCUT2D eigenvalue weighted by atomic mass is 32.2.